The maximum Gasteiger partial charge on any atom is 0.181 e. The molecule has 2 aromatic carbocycles. The van der Waals surface area contributed by atoms with Crippen LogP contribution in [0.5, 0.6) is 5.75 Å². The number of benzene rings is 2. The van der Waals surface area contributed by atoms with Gasteiger partial charge < -0.3 is 10.0 Å². The Morgan fingerprint density at radius 1 is 1.16 bits per heavy atom. The Morgan fingerprint density at radius 2 is 1.80 bits per heavy atom. The first kappa shape index (κ1) is 18.5. The minimum absolute atomic E-state index is 0.0106. The van der Waals surface area contributed by atoms with Crippen LogP contribution in [0.2, 0.25) is 0 Å². The van der Waals surface area contributed by atoms with Crippen LogP contribution in [0.3, 0.4) is 0 Å². The van der Waals surface area contributed by atoms with Gasteiger partial charge in [-0.25, -0.2) is 8.42 Å². The van der Waals surface area contributed by atoms with Crippen molar-refractivity contribution in [2.45, 2.75) is 31.6 Å². The van der Waals surface area contributed by atoms with E-state index in [4.69, 9.17) is 0 Å². The Labute approximate surface area is 162 Å². The number of para-hydroxylation sites is 1. The van der Waals surface area contributed by atoms with Crippen molar-refractivity contribution in [2.24, 2.45) is 5.41 Å². The molecular weight excluding hydrogens is 449 g/mol. The number of nitrogens with zero attached hydrogens (tertiary/aromatic N) is 1. The van der Waals surface area contributed by atoms with Crippen LogP contribution >= 0.6 is 22.6 Å². The number of aromatic hydroxyl groups is 1. The molecule has 0 radical (unpaired) electrons. The lowest BCUT2D eigenvalue weighted by Gasteiger charge is -2.35. The summed E-state index contributed by atoms with van der Waals surface area (Å²) in [6, 6.07) is 13.0. The molecule has 3 rings (SSSR count). The molecule has 0 fully saturated rings. The van der Waals surface area contributed by atoms with E-state index in [0.717, 1.165) is 18.5 Å². The smallest absolute Gasteiger partial charge is 0.181 e. The molecule has 0 saturated carbocycles. The highest BCUT2D eigenvalue weighted by atomic mass is 127. The van der Waals surface area contributed by atoms with Crippen molar-refractivity contribution >= 4 is 43.8 Å². The number of sulfone groups is 1. The third-order valence-corrected chi connectivity index (χ3v) is 8.07. The van der Waals surface area contributed by atoms with Crippen LogP contribution in [0.4, 0.5) is 11.4 Å². The van der Waals surface area contributed by atoms with Gasteiger partial charge in [-0.05, 0) is 53.6 Å². The summed E-state index contributed by atoms with van der Waals surface area (Å²) in [5.74, 6) is 0.111. The number of hydrogen-bond donors (Lipinski definition) is 1. The van der Waals surface area contributed by atoms with E-state index in [2.05, 4.69) is 18.7 Å². The number of hydrogen-bond acceptors (Lipinski definition) is 4. The first-order valence-corrected chi connectivity index (χ1v) is 11.1. The summed E-state index contributed by atoms with van der Waals surface area (Å²) >= 11 is 2.04. The molecule has 2 aromatic rings. The number of anilines is 2. The number of rotatable bonds is 3. The van der Waals surface area contributed by atoms with E-state index in [0.29, 0.717) is 15.8 Å². The highest BCUT2D eigenvalue weighted by Crippen LogP contribution is 2.45. The summed E-state index contributed by atoms with van der Waals surface area (Å²) in [5, 5.41) is 10.1. The molecule has 1 heterocycles. The molecule has 1 aliphatic rings. The lowest BCUT2D eigenvalue weighted by atomic mass is 9.83. The zero-order valence-corrected chi connectivity index (χ0v) is 17.3. The topological polar surface area (TPSA) is 57.6 Å². The van der Waals surface area contributed by atoms with E-state index in [9.17, 15) is 13.5 Å². The fraction of sp³-hybridized carbons (Fsp3) is 0.368. The van der Waals surface area contributed by atoms with E-state index >= 15 is 0 Å². The average Bonchev–Trinajstić information content (AvgIpc) is 2.70. The molecule has 0 saturated heterocycles. The molecule has 6 heteroatoms. The predicted octanol–water partition coefficient (Wildman–Crippen LogP) is 4.73. The molecular formula is C19H22INO3S. The molecule has 0 unspecified atom stereocenters. The second kappa shape index (κ2) is 6.79. The lowest BCUT2D eigenvalue weighted by Crippen LogP contribution is -2.37. The minimum atomic E-state index is -3.50. The summed E-state index contributed by atoms with van der Waals surface area (Å²) in [4.78, 5) is 2.31. The Morgan fingerprint density at radius 3 is 2.40 bits per heavy atom. The Balaban J connectivity index is 2.30. The lowest BCUT2D eigenvalue weighted by molar-refractivity contribution is 0.313. The molecule has 25 heavy (non-hydrogen) atoms. The van der Waals surface area contributed by atoms with Crippen LogP contribution < -0.4 is 4.90 Å². The molecule has 0 amide bonds. The maximum absolute atomic E-state index is 13.1. The molecule has 134 valence electrons. The third-order valence-electron chi connectivity index (χ3n) is 5.21. The standard InChI is InChI=1S/C19H22INO3S/c1-3-19(4-2)12-21(14-8-6-5-7-9-14)16-10-15(20)17(22)11-18(16)25(23,24)13-19/h5-11,22H,3-4,12-13H2,1-2H3. The molecule has 4 nitrogen and oxygen atoms in total. The van der Waals surface area contributed by atoms with Crippen molar-refractivity contribution in [3.8, 4) is 5.75 Å². The van der Waals surface area contributed by atoms with Crippen LogP contribution in [0.1, 0.15) is 26.7 Å². The Bertz CT molecular complexity index is 877. The summed E-state index contributed by atoms with van der Waals surface area (Å²) in [6.45, 7) is 4.75. The fourth-order valence-electron chi connectivity index (χ4n) is 3.46. The summed E-state index contributed by atoms with van der Waals surface area (Å²) < 4.78 is 26.9. The maximum atomic E-state index is 13.1. The van der Waals surface area contributed by atoms with Crippen molar-refractivity contribution in [3.63, 3.8) is 0 Å². The van der Waals surface area contributed by atoms with Crippen molar-refractivity contribution in [1.29, 1.82) is 0 Å². The van der Waals surface area contributed by atoms with Crippen molar-refractivity contribution in [1.82, 2.24) is 0 Å². The number of halogens is 1. The SMILES string of the molecule is CCC1(CC)CN(c2ccccc2)c2cc(I)c(O)cc2S(=O)(=O)C1. The molecule has 0 aromatic heterocycles. The third kappa shape index (κ3) is 3.38. The normalized spacial score (nSPS) is 18.4. The average molecular weight is 471 g/mol. The first-order chi connectivity index (χ1) is 11.8. The van der Waals surface area contributed by atoms with E-state index < -0.39 is 9.84 Å². The quantitative estimate of drug-likeness (QED) is 0.658. The highest BCUT2D eigenvalue weighted by Gasteiger charge is 2.41. The number of phenolic OH excluding ortho intramolecular Hbond substituents is 1. The summed E-state index contributed by atoms with van der Waals surface area (Å²) in [6.07, 6.45) is 1.56. The van der Waals surface area contributed by atoms with Crippen LogP contribution in [-0.2, 0) is 9.84 Å². The molecule has 0 atom stereocenters. The van der Waals surface area contributed by atoms with E-state index in [1.54, 1.807) is 6.07 Å². The first-order valence-electron chi connectivity index (χ1n) is 8.40. The van der Waals surface area contributed by atoms with Gasteiger partial charge in [0.05, 0.1) is 19.9 Å². The Hall–Kier alpha value is -1.28. The van der Waals surface area contributed by atoms with Gasteiger partial charge in [0.25, 0.3) is 0 Å². The van der Waals surface area contributed by atoms with Gasteiger partial charge in [0.1, 0.15) is 5.75 Å². The van der Waals surface area contributed by atoms with Gasteiger partial charge in [-0.15, -0.1) is 0 Å². The van der Waals surface area contributed by atoms with Gasteiger partial charge in [0, 0.05) is 23.7 Å². The summed E-state index contributed by atoms with van der Waals surface area (Å²) in [7, 11) is -3.50. The van der Waals surface area contributed by atoms with Crippen LogP contribution in [0.25, 0.3) is 0 Å². The van der Waals surface area contributed by atoms with E-state index in [1.165, 1.54) is 6.07 Å². The van der Waals surface area contributed by atoms with Gasteiger partial charge in [-0.1, -0.05) is 32.0 Å². The van der Waals surface area contributed by atoms with Gasteiger partial charge in [-0.3, -0.25) is 0 Å². The summed E-state index contributed by atoms with van der Waals surface area (Å²) in [5.41, 5.74) is 1.29. The zero-order chi connectivity index (χ0) is 18.2. The molecule has 1 N–H and O–H groups in total. The van der Waals surface area contributed by atoms with Crippen molar-refractivity contribution in [2.75, 3.05) is 17.2 Å². The Kier molecular flexibility index (Phi) is 5.03. The molecule has 0 bridgehead atoms. The second-order valence-corrected chi connectivity index (χ2v) is 9.78. The van der Waals surface area contributed by atoms with Gasteiger partial charge in [-0.2, -0.15) is 0 Å². The van der Waals surface area contributed by atoms with E-state index in [-0.39, 0.29) is 21.8 Å². The second-order valence-electron chi connectivity index (χ2n) is 6.66. The highest BCUT2D eigenvalue weighted by molar-refractivity contribution is 14.1. The van der Waals surface area contributed by atoms with Crippen LogP contribution in [-0.4, -0.2) is 25.8 Å². The monoisotopic (exact) mass is 471 g/mol. The van der Waals surface area contributed by atoms with Crippen LogP contribution in [0, 0.1) is 8.99 Å². The van der Waals surface area contributed by atoms with Crippen molar-refractivity contribution in [3.05, 3.63) is 46.0 Å². The largest absolute Gasteiger partial charge is 0.507 e. The number of phenols is 1. The fourth-order valence-corrected chi connectivity index (χ4v) is 6.15. The van der Waals surface area contributed by atoms with Gasteiger partial charge in [0.15, 0.2) is 9.84 Å². The number of fused-ring (bicyclic) bond motifs is 1. The van der Waals surface area contributed by atoms with Gasteiger partial charge in [0.2, 0.25) is 0 Å². The minimum Gasteiger partial charge on any atom is -0.507 e. The van der Waals surface area contributed by atoms with E-state index in [1.807, 2.05) is 52.9 Å². The molecule has 0 aliphatic carbocycles. The van der Waals surface area contributed by atoms with Crippen molar-refractivity contribution < 1.29 is 13.5 Å². The molecule has 0 spiro atoms. The van der Waals surface area contributed by atoms with Crippen LogP contribution in [0.15, 0.2) is 47.4 Å². The molecule has 1 aliphatic heterocycles. The zero-order valence-electron chi connectivity index (χ0n) is 14.4. The van der Waals surface area contributed by atoms with Gasteiger partial charge >= 0.3 is 0 Å². The predicted molar refractivity (Wildman–Crippen MR) is 109 cm³/mol.